The molecule has 0 fully saturated rings. The van der Waals surface area contributed by atoms with Crippen molar-refractivity contribution in [3.63, 3.8) is 0 Å². The minimum atomic E-state index is -3.76. The minimum absolute atomic E-state index is 0.119. The van der Waals surface area contributed by atoms with Gasteiger partial charge in [-0.05, 0) is 23.4 Å². The van der Waals surface area contributed by atoms with Gasteiger partial charge in [-0.1, -0.05) is 36.4 Å². The molecule has 6 nitrogen and oxygen atoms in total. The maximum Gasteiger partial charge on any atom is 0.270 e. The quantitative estimate of drug-likeness (QED) is 0.451. The van der Waals surface area contributed by atoms with E-state index in [1.165, 1.54) is 18.2 Å². The number of nitriles is 1. The number of hydrogen-bond donors (Lipinski definition) is 0. The molecule has 23 heavy (non-hydrogen) atoms. The van der Waals surface area contributed by atoms with Crippen molar-refractivity contribution in [2.24, 2.45) is 0 Å². The third-order valence-corrected chi connectivity index (χ3v) is 5.91. The van der Waals surface area contributed by atoms with Crippen LogP contribution in [0, 0.1) is 20.8 Å². The van der Waals surface area contributed by atoms with Gasteiger partial charge in [0.05, 0.1) is 20.8 Å². The third-order valence-electron chi connectivity index (χ3n) is 3.12. The largest absolute Gasteiger partial charge is 0.270 e. The van der Waals surface area contributed by atoms with Gasteiger partial charge in [0.15, 0.2) is 9.84 Å². The molecule has 2 aromatic rings. The number of nitro groups is 1. The van der Waals surface area contributed by atoms with Crippen molar-refractivity contribution in [1.29, 1.82) is 5.26 Å². The lowest BCUT2D eigenvalue weighted by Crippen LogP contribution is -2.13. The smallest absolute Gasteiger partial charge is 0.258 e. The number of sulfone groups is 1. The maximum absolute atomic E-state index is 12.5. The molecule has 2 aromatic carbocycles. The first-order chi connectivity index (χ1) is 10.9. The van der Waals surface area contributed by atoms with Crippen molar-refractivity contribution < 1.29 is 13.3 Å². The van der Waals surface area contributed by atoms with Crippen molar-refractivity contribution in [3.8, 4) is 5.40 Å². The molecule has 8 heteroatoms. The molecule has 1 atom stereocenters. The summed E-state index contributed by atoms with van der Waals surface area (Å²) in [5.41, 5.74) is 0.434. The highest BCUT2D eigenvalue weighted by Crippen LogP contribution is 2.32. The highest BCUT2D eigenvalue weighted by atomic mass is 32.2. The lowest BCUT2D eigenvalue weighted by atomic mass is 10.2. The van der Waals surface area contributed by atoms with Crippen LogP contribution < -0.4 is 0 Å². The molecule has 2 rings (SSSR count). The Labute approximate surface area is 137 Å². The summed E-state index contributed by atoms with van der Waals surface area (Å²) in [5.74, 6) is -0.309. The molecule has 0 aromatic heterocycles. The van der Waals surface area contributed by atoms with Crippen LogP contribution in [0.4, 0.5) is 5.69 Å². The zero-order valence-corrected chi connectivity index (χ0v) is 13.5. The summed E-state index contributed by atoms with van der Waals surface area (Å²) in [6.07, 6.45) is 0. The molecule has 0 saturated carbocycles. The van der Waals surface area contributed by atoms with E-state index in [1.807, 2.05) is 5.40 Å². The first-order valence-corrected chi connectivity index (χ1v) is 9.04. The van der Waals surface area contributed by atoms with Gasteiger partial charge in [0.2, 0.25) is 0 Å². The molecular weight excluding hydrogens is 336 g/mol. The average Bonchev–Trinajstić information content (AvgIpc) is 2.55. The lowest BCUT2D eigenvalue weighted by molar-refractivity contribution is -0.385. The summed E-state index contributed by atoms with van der Waals surface area (Å²) in [7, 11) is -3.76. The van der Waals surface area contributed by atoms with Crippen LogP contribution in [0.3, 0.4) is 0 Å². The van der Waals surface area contributed by atoms with Gasteiger partial charge in [0, 0.05) is 12.1 Å². The Hall–Kier alpha value is -2.37. The van der Waals surface area contributed by atoms with E-state index in [2.05, 4.69) is 0 Å². The zero-order chi connectivity index (χ0) is 16.9. The van der Waals surface area contributed by atoms with Crippen molar-refractivity contribution in [2.45, 2.75) is 10.1 Å². The van der Waals surface area contributed by atoms with E-state index in [-0.39, 0.29) is 16.3 Å². The van der Waals surface area contributed by atoms with Gasteiger partial charge in [0.1, 0.15) is 5.40 Å². The molecule has 0 amide bonds. The fourth-order valence-corrected chi connectivity index (χ4v) is 4.62. The van der Waals surface area contributed by atoms with E-state index >= 15 is 0 Å². The second-order valence-corrected chi connectivity index (χ2v) is 7.67. The van der Waals surface area contributed by atoms with Crippen molar-refractivity contribution in [3.05, 3.63) is 70.3 Å². The third kappa shape index (κ3) is 4.31. The second kappa shape index (κ2) is 7.26. The Kier molecular flexibility index (Phi) is 5.36. The molecule has 118 valence electrons. The first kappa shape index (κ1) is 17.0. The number of rotatable bonds is 6. The van der Waals surface area contributed by atoms with E-state index < -0.39 is 20.0 Å². The van der Waals surface area contributed by atoms with Crippen LogP contribution in [0.5, 0.6) is 0 Å². The first-order valence-electron chi connectivity index (χ1n) is 6.51. The summed E-state index contributed by atoms with van der Waals surface area (Å²) in [4.78, 5) is 10.0. The number of hydrogen-bond acceptors (Lipinski definition) is 6. The molecule has 0 aliphatic heterocycles. The highest BCUT2D eigenvalue weighted by molar-refractivity contribution is 8.04. The Morgan fingerprint density at radius 3 is 2.48 bits per heavy atom. The maximum atomic E-state index is 12.5. The molecule has 0 spiro atoms. The van der Waals surface area contributed by atoms with Gasteiger partial charge in [-0.3, -0.25) is 10.1 Å². The number of non-ortho nitro benzene ring substituents is 1. The molecule has 0 radical (unpaired) electrons. The van der Waals surface area contributed by atoms with E-state index in [0.717, 1.165) is 17.8 Å². The number of benzene rings is 2. The van der Waals surface area contributed by atoms with Gasteiger partial charge >= 0.3 is 0 Å². The van der Waals surface area contributed by atoms with Crippen molar-refractivity contribution in [2.75, 3.05) is 5.75 Å². The van der Waals surface area contributed by atoms with E-state index in [4.69, 9.17) is 5.26 Å². The van der Waals surface area contributed by atoms with Gasteiger partial charge in [-0.2, -0.15) is 5.26 Å². The van der Waals surface area contributed by atoms with Gasteiger partial charge in [-0.15, -0.1) is 0 Å². The van der Waals surface area contributed by atoms with Crippen LogP contribution in [0.1, 0.15) is 10.8 Å². The predicted octanol–water partition coefficient (Wildman–Crippen LogP) is 3.32. The monoisotopic (exact) mass is 348 g/mol. The number of nitro benzene ring substituents is 1. The summed E-state index contributed by atoms with van der Waals surface area (Å²) in [5, 5.41) is 21.1. The van der Waals surface area contributed by atoms with Crippen LogP contribution in [-0.2, 0) is 9.84 Å². The Balaban J connectivity index is 2.34. The summed E-state index contributed by atoms with van der Waals surface area (Å²) >= 11 is 0.854. The second-order valence-electron chi connectivity index (χ2n) is 4.64. The molecule has 0 heterocycles. The van der Waals surface area contributed by atoms with Gasteiger partial charge in [-0.25, -0.2) is 8.42 Å². The van der Waals surface area contributed by atoms with Crippen LogP contribution in [0.15, 0.2) is 59.5 Å². The van der Waals surface area contributed by atoms with E-state index in [9.17, 15) is 18.5 Å². The Bertz CT molecular complexity index is 845. The fraction of sp³-hybridized carbons (Fsp3) is 0.133. The van der Waals surface area contributed by atoms with Gasteiger partial charge < -0.3 is 0 Å². The SMILES string of the molecule is N#CS[C@H](CS(=O)(=O)c1cccc([N+](=O)[O-])c1)c1ccccc1. The molecule has 0 aliphatic carbocycles. The fourth-order valence-electron chi connectivity index (χ4n) is 2.02. The van der Waals surface area contributed by atoms with Crippen molar-refractivity contribution >= 4 is 27.3 Å². The number of thioether (sulfide) groups is 1. The molecule has 0 unspecified atom stereocenters. The predicted molar refractivity (Wildman–Crippen MR) is 87.5 cm³/mol. The average molecular weight is 348 g/mol. The summed E-state index contributed by atoms with van der Waals surface area (Å²) in [6.45, 7) is 0. The molecule has 0 saturated heterocycles. The standard InChI is InChI=1S/C15H12N2O4S2/c16-11-22-15(12-5-2-1-3-6-12)10-23(20,21)14-8-4-7-13(9-14)17(18)19/h1-9,15H,10H2/t15-/m1/s1. The van der Waals surface area contributed by atoms with E-state index in [0.29, 0.717) is 5.56 Å². The van der Waals surface area contributed by atoms with Gasteiger partial charge in [0.25, 0.3) is 5.69 Å². The van der Waals surface area contributed by atoms with Crippen LogP contribution in [-0.4, -0.2) is 19.1 Å². The molecular formula is C15H12N2O4S2. The lowest BCUT2D eigenvalue weighted by Gasteiger charge is -2.13. The molecule has 0 bridgehead atoms. The van der Waals surface area contributed by atoms with Crippen LogP contribution in [0.25, 0.3) is 0 Å². The Morgan fingerprint density at radius 1 is 1.17 bits per heavy atom. The summed E-state index contributed by atoms with van der Waals surface area (Å²) < 4.78 is 25.0. The summed E-state index contributed by atoms with van der Waals surface area (Å²) in [6, 6.07) is 13.7. The molecule has 0 N–H and O–H groups in total. The number of thiocyanates is 1. The minimum Gasteiger partial charge on any atom is -0.258 e. The van der Waals surface area contributed by atoms with E-state index in [1.54, 1.807) is 30.3 Å². The Morgan fingerprint density at radius 2 is 1.87 bits per heavy atom. The zero-order valence-electron chi connectivity index (χ0n) is 11.8. The highest BCUT2D eigenvalue weighted by Gasteiger charge is 2.24. The van der Waals surface area contributed by atoms with Crippen LogP contribution in [0.2, 0.25) is 0 Å². The topological polar surface area (TPSA) is 101 Å². The van der Waals surface area contributed by atoms with Crippen LogP contribution >= 0.6 is 11.8 Å². The number of nitrogens with zero attached hydrogens (tertiary/aromatic N) is 2. The molecule has 0 aliphatic rings. The normalized spacial score (nSPS) is 12.3. The van der Waals surface area contributed by atoms with Crippen molar-refractivity contribution in [1.82, 2.24) is 0 Å².